The number of hydrogen-bond acceptors (Lipinski definition) is 3. The van der Waals surface area contributed by atoms with Crippen LogP contribution in [0.3, 0.4) is 0 Å². The van der Waals surface area contributed by atoms with Crippen molar-refractivity contribution in [3.8, 4) is 16.6 Å². The SMILES string of the molecule is N#CCc1sc(-c2ccccc2)nc1Cl. The summed E-state index contributed by atoms with van der Waals surface area (Å²) in [5, 5.41) is 9.91. The largest absolute Gasteiger partial charge is 0.224 e. The minimum absolute atomic E-state index is 0.323. The molecule has 4 heteroatoms. The summed E-state index contributed by atoms with van der Waals surface area (Å²) in [6.07, 6.45) is 0.323. The Kier molecular flexibility index (Phi) is 3.00. The van der Waals surface area contributed by atoms with Crippen LogP contribution >= 0.6 is 22.9 Å². The Labute approximate surface area is 96.8 Å². The minimum Gasteiger partial charge on any atom is -0.224 e. The van der Waals surface area contributed by atoms with Gasteiger partial charge in [0.1, 0.15) is 10.2 Å². The number of rotatable bonds is 2. The molecule has 1 aromatic carbocycles. The predicted molar refractivity (Wildman–Crippen MR) is 61.9 cm³/mol. The lowest BCUT2D eigenvalue weighted by molar-refractivity contribution is 1.28. The molecule has 15 heavy (non-hydrogen) atoms. The third kappa shape index (κ3) is 2.17. The van der Waals surface area contributed by atoms with Gasteiger partial charge in [-0.15, -0.1) is 11.3 Å². The van der Waals surface area contributed by atoms with Crippen LogP contribution < -0.4 is 0 Å². The molecule has 74 valence electrons. The Balaban J connectivity index is 2.40. The molecule has 2 aromatic rings. The third-order valence-corrected chi connectivity index (χ3v) is 3.44. The molecule has 0 unspecified atom stereocenters. The summed E-state index contributed by atoms with van der Waals surface area (Å²) in [4.78, 5) is 5.06. The number of halogens is 1. The van der Waals surface area contributed by atoms with Gasteiger partial charge in [-0.25, -0.2) is 4.98 Å². The maximum atomic E-state index is 8.59. The van der Waals surface area contributed by atoms with E-state index in [0.29, 0.717) is 11.6 Å². The van der Waals surface area contributed by atoms with E-state index < -0.39 is 0 Å². The summed E-state index contributed by atoms with van der Waals surface area (Å²) in [5.74, 6) is 0. The lowest BCUT2D eigenvalue weighted by Crippen LogP contribution is -1.74. The highest BCUT2D eigenvalue weighted by Gasteiger charge is 2.09. The van der Waals surface area contributed by atoms with E-state index >= 15 is 0 Å². The van der Waals surface area contributed by atoms with Gasteiger partial charge in [-0.1, -0.05) is 41.9 Å². The van der Waals surface area contributed by atoms with E-state index in [-0.39, 0.29) is 0 Å². The highest BCUT2D eigenvalue weighted by atomic mass is 35.5. The zero-order valence-electron chi connectivity index (χ0n) is 7.77. The lowest BCUT2D eigenvalue weighted by Gasteiger charge is -1.92. The van der Waals surface area contributed by atoms with E-state index in [0.717, 1.165) is 15.4 Å². The molecule has 0 spiro atoms. The molecule has 0 aliphatic heterocycles. The second-order valence-electron chi connectivity index (χ2n) is 2.93. The van der Waals surface area contributed by atoms with Crippen molar-refractivity contribution in [1.82, 2.24) is 4.98 Å². The van der Waals surface area contributed by atoms with Crippen LogP contribution in [-0.4, -0.2) is 4.98 Å². The Morgan fingerprint density at radius 3 is 2.73 bits per heavy atom. The first-order valence-electron chi connectivity index (χ1n) is 4.39. The van der Waals surface area contributed by atoms with Crippen LogP contribution in [0.5, 0.6) is 0 Å². The van der Waals surface area contributed by atoms with Gasteiger partial charge in [-0.2, -0.15) is 5.26 Å². The molecule has 1 aromatic heterocycles. The Morgan fingerprint density at radius 2 is 2.07 bits per heavy atom. The van der Waals surface area contributed by atoms with Crippen LogP contribution in [0.25, 0.3) is 10.6 Å². The fourth-order valence-corrected chi connectivity index (χ4v) is 2.43. The van der Waals surface area contributed by atoms with Gasteiger partial charge in [0.05, 0.1) is 17.4 Å². The van der Waals surface area contributed by atoms with Crippen molar-refractivity contribution < 1.29 is 0 Å². The number of nitriles is 1. The Morgan fingerprint density at radius 1 is 1.33 bits per heavy atom. The number of benzene rings is 1. The molecule has 1 heterocycles. The quantitative estimate of drug-likeness (QED) is 0.797. The Hall–Kier alpha value is -1.37. The second kappa shape index (κ2) is 4.43. The smallest absolute Gasteiger partial charge is 0.144 e. The number of thiazole rings is 1. The fourth-order valence-electron chi connectivity index (χ4n) is 1.22. The highest BCUT2D eigenvalue weighted by molar-refractivity contribution is 7.15. The fraction of sp³-hybridized carbons (Fsp3) is 0.0909. The van der Waals surface area contributed by atoms with Gasteiger partial charge in [0.15, 0.2) is 0 Å². The maximum Gasteiger partial charge on any atom is 0.144 e. The van der Waals surface area contributed by atoms with Gasteiger partial charge in [0, 0.05) is 5.56 Å². The van der Waals surface area contributed by atoms with Crippen molar-refractivity contribution in [3.05, 3.63) is 40.4 Å². The zero-order chi connectivity index (χ0) is 10.7. The van der Waals surface area contributed by atoms with Gasteiger partial charge < -0.3 is 0 Å². The van der Waals surface area contributed by atoms with E-state index in [4.69, 9.17) is 16.9 Å². The second-order valence-corrected chi connectivity index (χ2v) is 4.38. The van der Waals surface area contributed by atoms with Gasteiger partial charge in [-0.3, -0.25) is 0 Å². The average molecular weight is 235 g/mol. The molecule has 2 nitrogen and oxygen atoms in total. The first-order valence-corrected chi connectivity index (χ1v) is 5.58. The monoisotopic (exact) mass is 234 g/mol. The normalized spacial score (nSPS) is 9.87. The molecule has 0 atom stereocenters. The number of hydrogen-bond donors (Lipinski definition) is 0. The van der Waals surface area contributed by atoms with Crippen molar-refractivity contribution in [2.45, 2.75) is 6.42 Å². The van der Waals surface area contributed by atoms with Crippen LogP contribution in [0.4, 0.5) is 0 Å². The summed E-state index contributed by atoms with van der Waals surface area (Å²) in [7, 11) is 0. The molecule has 0 fully saturated rings. The van der Waals surface area contributed by atoms with Crippen molar-refractivity contribution in [2.24, 2.45) is 0 Å². The molecule has 0 bridgehead atoms. The van der Waals surface area contributed by atoms with E-state index in [1.165, 1.54) is 11.3 Å². The predicted octanol–water partition coefficient (Wildman–Crippen LogP) is 3.53. The van der Waals surface area contributed by atoms with E-state index in [2.05, 4.69) is 11.1 Å². The van der Waals surface area contributed by atoms with Gasteiger partial charge >= 0.3 is 0 Å². The first-order chi connectivity index (χ1) is 7.31. The molecule has 0 aliphatic carbocycles. The van der Waals surface area contributed by atoms with Gasteiger partial charge in [0.2, 0.25) is 0 Å². The van der Waals surface area contributed by atoms with Crippen LogP contribution in [0.2, 0.25) is 5.15 Å². The topological polar surface area (TPSA) is 36.7 Å². The average Bonchev–Trinajstić information content (AvgIpc) is 2.63. The van der Waals surface area contributed by atoms with E-state index in [1.54, 1.807) is 0 Å². The van der Waals surface area contributed by atoms with Crippen LogP contribution in [-0.2, 0) is 6.42 Å². The van der Waals surface area contributed by atoms with Crippen LogP contribution in [0.15, 0.2) is 30.3 Å². The van der Waals surface area contributed by atoms with Crippen LogP contribution in [0.1, 0.15) is 4.88 Å². The summed E-state index contributed by atoms with van der Waals surface area (Å²) in [6.45, 7) is 0. The molecular weight excluding hydrogens is 228 g/mol. The molecule has 0 amide bonds. The van der Waals surface area contributed by atoms with Gasteiger partial charge in [0.25, 0.3) is 0 Å². The summed E-state index contributed by atoms with van der Waals surface area (Å²) >= 11 is 7.39. The summed E-state index contributed by atoms with van der Waals surface area (Å²) in [5.41, 5.74) is 1.04. The maximum absolute atomic E-state index is 8.59. The molecule has 0 aliphatic rings. The molecule has 0 saturated carbocycles. The minimum atomic E-state index is 0.323. The standard InChI is InChI=1S/C11H7ClN2S/c12-10-9(6-7-13)15-11(14-10)8-4-2-1-3-5-8/h1-5H,6H2. The van der Waals surface area contributed by atoms with Crippen molar-refractivity contribution in [2.75, 3.05) is 0 Å². The van der Waals surface area contributed by atoms with E-state index in [9.17, 15) is 0 Å². The first kappa shape index (κ1) is 10.2. The molecule has 0 radical (unpaired) electrons. The van der Waals surface area contributed by atoms with Crippen molar-refractivity contribution >= 4 is 22.9 Å². The molecule has 0 N–H and O–H groups in total. The van der Waals surface area contributed by atoms with Crippen molar-refractivity contribution in [3.63, 3.8) is 0 Å². The zero-order valence-corrected chi connectivity index (χ0v) is 9.35. The lowest BCUT2D eigenvalue weighted by atomic mass is 10.2. The Bertz CT molecular complexity index is 499. The highest BCUT2D eigenvalue weighted by Crippen LogP contribution is 2.30. The van der Waals surface area contributed by atoms with E-state index in [1.807, 2.05) is 30.3 Å². The van der Waals surface area contributed by atoms with Crippen LogP contribution in [0, 0.1) is 11.3 Å². The third-order valence-electron chi connectivity index (χ3n) is 1.91. The van der Waals surface area contributed by atoms with Gasteiger partial charge in [-0.05, 0) is 0 Å². The summed E-state index contributed by atoms with van der Waals surface area (Å²) < 4.78 is 0. The van der Waals surface area contributed by atoms with Crippen molar-refractivity contribution in [1.29, 1.82) is 5.26 Å². The number of aromatic nitrogens is 1. The molecule has 0 saturated heterocycles. The number of nitrogens with zero attached hydrogens (tertiary/aromatic N) is 2. The molecular formula is C11H7ClN2S. The summed E-state index contributed by atoms with van der Waals surface area (Å²) in [6, 6.07) is 11.9. The molecule has 2 rings (SSSR count).